The monoisotopic (exact) mass is 324 g/mol. The van der Waals surface area contributed by atoms with Gasteiger partial charge >= 0.3 is 0 Å². The van der Waals surface area contributed by atoms with Crippen molar-refractivity contribution < 1.29 is 4.39 Å². The van der Waals surface area contributed by atoms with Crippen molar-refractivity contribution in [3.63, 3.8) is 0 Å². The smallest absolute Gasteiger partial charge is 0.141 e. The molecule has 1 aromatic heterocycles. The van der Waals surface area contributed by atoms with Crippen LogP contribution in [0.1, 0.15) is 23.4 Å². The first-order valence-electron chi connectivity index (χ1n) is 5.30. The third-order valence-electron chi connectivity index (χ3n) is 2.48. The minimum absolute atomic E-state index is 0.0551. The van der Waals surface area contributed by atoms with E-state index in [1.54, 1.807) is 17.4 Å². The Labute approximate surface area is 117 Å². The fourth-order valence-electron chi connectivity index (χ4n) is 1.58. The van der Waals surface area contributed by atoms with E-state index in [4.69, 9.17) is 5.26 Å². The average molecular weight is 325 g/mol. The molecule has 0 aliphatic carbocycles. The normalized spacial score (nSPS) is 11.9. The molecule has 0 aliphatic rings. The molecule has 0 saturated carbocycles. The fraction of sp³-hybridized carbons (Fsp3) is 0.154. The van der Waals surface area contributed by atoms with Crippen molar-refractivity contribution in [2.24, 2.45) is 0 Å². The van der Waals surface area contributed by atoms with Gasteiger partial charge in [-0.2, -0.15) is 5.26 Å². The lowest BCUT2D eigenvalue weighted by Gasteiger charge is -2.13. The van der Waals surface area contributed by atoms with E-state index in [-0.39, 0.29) is 11.6 Å². The maximum absolute atomic E-state index is 13.2. The van der Waals surface area contributed by atoms with Gasteiger partial charge < -0.3 is 5.32 Å². The number of nitriles is 1. The second-order valence-electron chi connectivity index (χ2n) is 3.84. The molecule has 1 atom stereocenters. The van der Waals surface area contributed by atoms with E-state index in [9.17, 15) is 4.39 Å². The number of thiophene rings is 1. The molecule has 0 amide bonds. The van der Waals surface area contributed by atoms with Crippen LogP contribution < -0.4 is 5.32 Å². The maximum atomic E-state index is 13.2. The molecule has 1 aromatic carbocycles. The van der Waals surface area contributed by atoms with E-state index in [0.717, 1.165) is 10.2 Å². The van der Waals surface area contributed by atoms with Crippen molar-refractivity contribution in [3.05, 3.63) is 50.4 Å². The summed E-state index contributed by atoms with van der Waals surface area (Å²) in [5.41, 5.74) is 0.796. The van der Waals surface area contributed by atoms with Crippen LogP contribution >= 0.6 is 27.3 Å². The summed E-state index contributed by atoms with van der Waals surface area (Å²) in [6.45, 7) is 2.02. The van der Waals surface area contributed by atoms with Gasteiger partial charge in [0.1, 0.15) is 11.9 Å². The summed E-state index contributed by atoms with van der Waals surface area (Å²) in [5, 5.41) is 14.0. The number of hydrogen-bond acceptors (Lipinski definition) is 3. The maximum Gasteiger partial charge on any atom is 0.141 e. The van der Waals surface area contributed by atoms with Gasteiger partial charge in [-0.05, 0) is 47.1 Å². The van der Waals surface area contributed by atoms with Crippen molar-refractivity contribution >= 4 is 33.0 Å². The predicted octanol–water partition coefficient (Wildman–Crippen LogP) is 4.69. The van der Waals surface area contributed by atoms with Gasteiger partial charge in [0.2, 0.25) is 0 Å². The van der Waals surface area contributed by atoms with Crippen molar-refractivity contribution in [1.82, 2.24) is 0 Å². The summed E-state index contributed by atoms with van der Waals surface area (Å²) in [4.78, 5) is 1.17. The molecule has 0 bridgehead atoms. The van der Waals surface area contributed by atoms with Gasteiger partial charge in [-0.15, -0.1) is 11.3 Å². The summed E-state index contributed by atoms with van der Waals surface area (Å²) in [5.74, 6) is -0.491. The molecule has 0 fully saturated rings. The van der Waals surface area contributed by atoms with Gasteiger partial charge in [0, 0.05) is 20.4 Å². The number of hydrogen-bond donors (Lipinski definition) is 1. The minimum atomic E-state index is -0.491. The van der Waals surface area contributed by atoms with Gasteiger partial charge in [0.05, 0.1) is 11.6 Å². The molecule has 92 valence electrons. The van der Waals surface area contributed by atoms with Crippen LogP contribution in [0.3, 0.4) is 0 Å². The molecular formula is C13H10BrFN2S. The Morgan fingerprint density at radius 2 is 2.22 bits per heavy atom. The minimum Gasteiger partial charge on any atom is -0.378 e. The van der Waals surface area contributed by atoms with Gasteiger partial charge in [0.25, 0.3) is 0 Å². The lowest BCUT2D eigenvalue weighted by molar-refractivity contribution is 0.624. The largest absolute Gasteiger partial charge is 0.378 e. The first kappa shape index (κ1) is 13.1. The molecule has 5 heteroatoms. The molecule has 2 nitrogen and oxygen atoms in total. The van der Waals surface area contributed by atoms with Gasteiger partial charge in [0.15, 0.2) is 0 Å². The Morgan fingerprint density at radius 3 is 2.83 bits per heavy atom. The number of anilines is 1. The van der Waals surface area contributed by atoms with Gasteiger partial charge in [-0.1, -0.05) is 0 Å². The van der Waals surface area contributed by atoms with Crippen molar-refractivity contribution in [2.45, 2.75) is 13.0 Å². The van der Waals surface area contributed by atoms with Crippen molar-refractivity contribution in [3.8, 4) is 6.07 Å². The second-order valence-corrected chi connectivity index (χ2v) is 5.70. The molecule has 1 unspecified atom stereocenters. The summed E-state index contributed by atoms with van der Waals surface area (Å²) in [6, 6.07) is 8.44. The quantitative estimate of drug-likeness (QED) is 0.888. The number of benzene rings is 1. The Hall–Kier alpha value is -1.38. The highest BCUT2D eigenvalue weighted by atomic mass is 79.9. The highest BCUT2D eigenvalue weighted by molar-refractivity contribution is 9.10. The molecule has 18 heavy (non-hydrogen) atoms. The molecular weight excluding hydrogens is 315 g/mol. The topological polar surface area (TPSA) is 35.8 Å². The second kappa shape index (κ2) is 5.51. The number of halogens is 2. The zero-order valence-corrected chi connectivity index (χ0v) is 12.0. The zero-order chi connectivity index (χ0) is 13.1. The molecule has 0 spiro atoms. The Morgan fingerprint density at radius 1 is 1.44 bits per heavy atom. The van der Waals surface area contributed by atoms with Crippen LogP contribution in [0, 0.1) is 17.1 Å². The van der Waals surface area contributed by atoms with E-state index < -0.39 is 5.82 Å². The van der Waals surface area contributed by atoms with Gasteiger partial charge in [-0.25, -0.2) is 4.39 Å². The zero-order valence-electron chi connectivity index (χ0n) is 9.58. The van der Waals surface area contributed by atoms with Crippen molar-refractivity contribution in [2.75, 3.05) is 5.32 Å². The highest BCUT2D eigenvalue weighted by Gasteiger charge is 2.09. The van der Waals surface area contributed by atoms with Crippen LogP contribution in [-0.4, -0.2) is 0 Å². The van der Waals surface area contributed by atoms with Crippen LogP contribution in [0.2, 0.25) is 0 Å². The third kappa shape index (κ3) is 2.89. The average Bonchev–Trinajstić information content (AvgIpc) is 2.78. The summed E-state index contributed by atoms with van der Waals surface area (Å²) >= 11 is 5.05. The molecule has 0 radical (unpaired) electrons. The van der Waals surface area contributed by atoms with E-state index in [0.29, 0.717) is 0 Å². The van der Waals surface area contributed by atoms with Crippen LogP contribution in [0.25, 0.3) is 0 Å². The molecule has 0 saturated heterocycles. The van der Waals surface area contributed by atoms with Crippen LogP contribution in [0.5, 0.6) is 0 Å². The van der Waals surface area contributed by atoms with E-state index in [2.05, 4.69) is 21.2 Å². The Bertz CT molecular complexity index is 603. The van der Waals surface area contributed by atoms with Gasteiger partial charge in [-0.3, -0.25) is 0 Å². The molecule has 1 heterocycles. The molecule has 2 rings (SSSR count). The SMILES string of the molecule is CC(Nc1ccc(F)c(C#N)c1)c1cc(Br)cs1. The summed E-state index contributed by atoms with van der Waals surface area (Å²) < 4.78 is 14.2. The number of nitrogens with zero attached hydrogens (tertiary/aromatic N) is 1. The van der Waals surface area contributed by atoms with E-state index in [1.807, 2.05) is 24.4 Å². The van der Waals surface area contributed by atoms with Crippen LogP contribution in [0.4, 0.5) is 10.1 Å². The third-order valence-corrected chi connectivity index (χ3v) is 4.36. The lowest BCUT2D eigenvalue weighted by atomic mass is 10.2. The molecule has 1 N–H and O–H groups in total. The first-order chi connectivity index (χ1) is 8.60. The van der Waals surface area contributed by atoms with E-state index >= 15 is 0 Å². The number of nitrogens with one attached hydrogen (secondary N) is 1. The standard InChI is InChI=1S/C13H10BrFN2S/c1-8(13-5-10(14)7-18-13)17-11-2-3-12(15)9(4-11)6-16/h2-5,7-8,17H,1H3. The van der Waals surface area contributed by atoms with E-state index in [1.165, 1.54) is 17.0 Å². The highest BCUT2D eigenvalue weighted by Crippen LogP contribution is 2.28. The molecule has 0 aliphatic heterocycles. The fourth-order valence-corrected chi connectivity index (χ4v) is 3.03. The Balaban J connectivity index is 2.17. The summed E-state index contributed by atoms with van der Waals surface area (Å²) in [6.07, 6.45) is 0. The first-order valence-corrected chi connectivity index (χ1v) is 6.97. The van der Waals surface area contributed by atoms with Crippen molar-refractivity contribution in [1.29, 1.82) is 5.26 Å². The predicted molar refractivity (Wildman–Crippen MR) is 75.2 cm³/mol. The lowest BCUT2D eigenvalue weighted by Crippen LogP contribution is -2.05. The summed E-state index contributed by atoms with van der Waals surface area (Å²) in [7, 11) is 0. The molecule has 2 aromatic rings. The number of rotatable bonds is 3. The van der Waals surface area contributed by atoms with Crippen LogP contribution in [-0.2, 0) is 0 Å². The Kier molecular flexibility index (Phi) is 4.00. The van der Waals surface area contributed by atoms with Crippen LogP contribution in [0.15, 0.2) is 34.1 Å².